The summed E-state index contributed by atoms with van der Waals surface area (Å²) in [5.41, 5.74) is 0.833. The van der Waals surface area contributed by atoms with E-state index >= 15 is 0 Å². The van der Waals surface area contributed by atoms with Crippen molar-refractivity contribution in [1.29, 1.82) is 0 Å². The van der Waals surface area contributed by atoms with Gasteiger partial charge in [-0.25, -0.2) is 0 Å². The first-order chi connectivity index (χ1) is 9.99. The summed E-state index contributed by atoms with van der Waals surface area (Å²) in [5.74, 6) is 0.244. The standard InChI is InChI=1S/C14H11BrN2O4/c1-21-13-7-10(15)6-11(8-13)16-14(18)9-2-4-12(5-3-9)17(19)20/h2-8H,1H3,(H,16,18). The number of ether oxygens (including phenoxy) is 1. The lowest BCUT2D eigenvalue weighted by Crippen LogP contribution is -2.11. The minimum absolute atomic E-state index is 0.0596. The highest BCUT2D eigenvalue weighted by Gasteiger charge is 2.10. The van der Waals surface area contributed by atoms with Gasteiger partial charge in [-0.3, -0.25) is 14.9 Å². The van der Waals surface area contributed by atoms with Gasteiger partial charge in [0, 0.05) is 33.9 Å². The van der Waals surface area contributed by atoms with E-state index in [-0.39, 0.29) is 11.6 Å². The molecule has 0 saturated carbocycles. The second kappa shape index (κ2) is 6.36. The molecular weight excluding hydrogens is 340 g/mol. The molecule has 0 fully saturated rings. The molecule has 0 saturated heterocycles. The van der Waals surface area contributed by atoms with Crippen LogP contribution in [-0.2, 0) is 0 Å². The molecule has 2 aromatic rings. The van der Waals surface area contributed by atoms with Crippen molar-refractivity contribution in [3.8, 4) is 5.75 Å². The second-order valence-corrected chi connectivity index (χ2v) is 5.05. The number of anilines is 1. The van der Waals surface area contributed by atoms with E-state index in [9.17, 15) is 14.9 Å². The van der Waals surface area contributed by atoms with Crippen LogP contribution >= 0.6 is 15.9 Å². The Labute approximate surface area is 129 Å². The quantitative estimate of drug-likeness (QED) is 0.674. The zero-order valence-corrected chi connectivity index (χ0v) is 12.6. The molecule has 0 radical (unpaired) electrons. The third-order valence-electron chi connectivity index (χ3n) is 2.71. The lowest BCUT2D eigenvalue weighted by molar-refractivity contribution is -0.384. The number of carbonyl (C=O) groups excluding carboxylic acids is 1. The van der Waals surface area contributed by atoms with Crippen molar-refractivity contribution >= 4 is 33.2 Å². The molecule has 21 heavy (non-hydrogen) atoms. The molecule has 0 aromatic heterocycles. The summed E-state index contributed by atoms with van der Waals surface area (Å²) in [4.78, 5) is 22.1. The third kappa shape index (κ3) is 3.79. The first-order valence-corrected chi connectivity index (χ1v) is 6.69. The van der Waals surface area contributed by atoms with Crippen LogP contribution < -0.4 is 10.1 Å². The van der Waals surface area contributed by atoms with E-state index in [1.807, 2.05) is 0 Å². The largest absolute Gasteiger partial charge is 0.497 e. The van der Waals surface area contributed by atoms with Crippen molar-refractivity contribution in [2.24, 2.45) is 0 Å². The summed E-state index contributed by atoms with van der Waals surface area (Å²) in [6, 6.07) is 10.6. The van der Waals surface area contributed by atoms with Gasteiger partial charge in [-0.15, -0.1) is 0 Å². The van der Waals surface area contributed by atoms with Crippen LogP contribution in [0.4, 0.5) is 11.4 Å². The van der Waals surface area contributed by atoms with Gasteiger partial charge in [0.2, 0.25) is 0 Å². The number of nitro groups is 1. The van der Waals surface area contributed by atoms with Crippen molar-refractivity contribution in [2.75, 3.05) is 12.4 Å². The molecule has 0 atom stereocenters. The van der Waals surface area contributed by atoms with Gasteiger partial charge in [0.25, 0.3) is 11.6 Å². The normalized spacial score (nSPS) is 10.0. The summed E-state index contributed by atoms with van der Waals surface area (Å²) in [6.07, 6.45) is 0. The van der Waals surface area contributed by atoms with Gasteiger partial charge in [-0.1, -0.05) is 15.9 Å². The van der Waals surface area contributed by atoms with Gasteiger partial charge in [0.1, 0.15) is 5.75 Å². The Morgan fingerprint density at radius 1 is 1.24 bits per heavy atom. The first kappa shape index (κ1) is 15.0. The minimum Gasteiger partial charge on any atom is -0.497 e. The summed E-state index contributed by atoms with van der Waals surface area (Å²) >= 11 is 3.32. The number of methoxy groups -OCH3 is 1. The Balaban J connectivity index is 2.17. The summed E-state index contributed by atoms with van der Waals surface area (Å²) in [7, 11) is 1.53. The van der Waals surface area contributed by atoms with Crippen molar-refractivity contribution < 1.29 is 14.5 Å². The Morgan fingerprint density at radius 2 is 1.90 bits per heavy atom. The maximum atomic E-state index is 12.1. The molecule has 2 rings (SSSR count). The molecule has 0 heterocycles. The van der Waals surface area contributed by atoms with Gasteiger partial charge in [-0.05, 0) is 24.3 Å². The SMILES string of the molecule is COc1cc(Br)cc(NC(=O)c2ccc([N+](=O)[O-])cc2)c1. The van der Waals surface area contributed by atoms with Crippen LogP contribution in [0.2, 0.25) is 0 Å². The zero-order chi connectivity index (χ0) is 15.4. The van der Waals surface area contributed by atoms with Gasteiger partial charge in [0.05, 0.1) is 12.0 Å². The average molecular weight is 351 g/mol. The third-order valence-corrected chi connectivity index (χ3v) is 3.16. The Morgan fingerprint density at radius 3 is 2.48 bits per heavy atom. The topological polar surface area (TPSA) is 81.5 Å². The van der Waals surface area contributed by atoms with Gasteiger partial charge in [0.15, 0.2) is 0 Å². The molecule has 0 bridgehead atoms. The van der Waals surface area contributed by atoms with E-state index in [1.165, 1.54) is 31.4 Å². The Hall–Kier alpha value is -2.41. The fraction of sp³-hybridized carbons (Fsp3) is 0.0714. The number of nitrogens with one attached hydrogen (secondary N) is 1. The molecular formula is C14H11BrN2O4. The number of carbonyl (C=O) groups is 1. The zero-order valence-electron chi connectivity index (χ0n) is 11.0. The number of hydrogen-bond donors (Lipinski definition) is 1. The van der Waals surface area contributed by atoms with Crippen LogP contribution in [-0.4, -0.2) is 17.9 Å². The van der Waals surface area contributed by atoms with E-state index in [0.29, 0.717) is 17.0 Å². The van der Waals surface area contributed by atoms with Crippen LogP contribution in [0.1, 0.15) is 10.4 Å². The fourth-order valence-corrected chi connectivity index (χ4v) is 2.16. The van der Waals surface area contributed by atoms with Crippen LogP contribution in [0.3, 0.4) is 0 Å². The number of hydrogen-bond acceptors (Lipinski definition) is 4. The lowest BCUT2D eigenvalue weighted by atomic mass is 10.2. The van der Waals surface area contributed by atoms with E-state index < -0.39 is 4.92 Å². The predicted octanol–water partition coefficient (Wildman–Crippen LogP) is 3.62. The monoisotopic (exact) mass is 350 g/mol. The summed E-state index contributed by atoms with van der Waals surface area (Å²) in [6.45, 7) is 0. The van der Waals surface area contributed by atoms with E-state index in [4.69, 9.17) is 4.74 Å². The molecule has 1 N–H and O–H groups in total. The van der Waals surface area contributed by atoms with E-state index in [0.717, 1.165) is 4.47 Å². The fourth-order valence-electron chi connectivity index (χ4n) is 1.69. The Bertz CT molecular complexity index is 686. The maximum absolute atomic E-state index is 12.1. The van der Waals surface area contributed by atoms with Crippen LogP contribution in [0, 0.1) is 10.1 Å². The number of non-ortho nitro benzene ring substituents is 1. The molecule has 1 amide bonds. The van der Waals surface area contributed by atoms with E-state index in [2.05, 4.69) is 21.2 Å². The average Bonchev–Trinajstić information content (AvgIpc) is 2.46. The molecule has 0 aliphatic heterocycles. The molecule has 2 aromatic carbocycles. The molecule has 6 nitrogen and oxygen atoms in total. The van der Waals surface area contributed by atoms with Gasteiger partial charge >= 0.3 is 0 Å². The number of rotatable bonds is 4. The molecule has 0 aliphatic carbocycles. The summed E-state index contributed by atoms with van der Waals surface area (Å²) in [5, 5.41) is 13.3. The number of halogens is 1. The van der Waals surface area contributed by atoms with Crippen LogP contribution in [0.5, 0.6) is 5.75 Å². The minimum atomic E-state index is -0.513. The Kier molecular flexibility index (Phi) is 4.54. The first-order valence-electron chi connectivity index (χ1n) is 5.90. The number of benzene rings is 2. The van der Waals surface area contributed by atoms with Crippen molar-refractivity contribution in [3.63, 3.8) is 0 Å². The lowest BCUT2D eigenvalue weighted by Gasteiger charge is -2.08. The smallest absolute Gasteiger partial charge is 0.269 e. The van der Waals surface area contributed by atoms with Crippen LogP contribution in [0.25, 0.3) is 0 Å². The molecule has 108 valence electrons. The highest BCUT2D eigenvalue weighted by molar-refractivity contribution is 9.10. The highest BCUT2D eigenvalue weighted by atomic mass is 79.9. The molecule has 0 spiro atoms. The second-order valence-electron chi connectivity index (χ2n) is 4.14. The van der Waals surface area contributed by atoms with Gasteiger partial charge < -0.3 is 10.1 Å². The van der Waals surface area contributed by atoms with Crippen molar-refractivity contribution in [3.05, 3.63) is 62.6 Å². The predicted molar refractivity (Wildman–Crippen MR) is 81.7 cm³/mol. The number of amides is 1. The highest BCUT2D eigenvalue weighted by Crippen LogP contribution is 2.25. The van der Waals surface area contributed by atoms with Crippen molar-refractivity contribution in [2.45, 2.75) is 0 Å². The van der Waals surface area contributed by atoms with E-state index in [1.54, 1.807) is 18.2 Å². The summed E-state index contributed by atoms with van der Waals surface area (Å²) < 4.78 is 5.87. The van der Waals surface area contributed by atoms with Crippen LogP contribution in [0.15, 0.2) is 46.9 Å². The number of nitrogens with zero attached hydrogens (tertiary/aromatic N) is 1. The van der Waals surface area contributed by atoms with Gasteiger partial charge in [-0.2, -0.15) is 0 Å². The molecule has 7 heteroatoms. The van der Waals surface area contributed by atoms with Crippen molar-refractivity contribution in [1.82, 2.24) is 0 Å². The molecule has 0 unspecified atom stereocenters. The molecule has 0 aliphatic rings. The number of nitro benzene ring substituents is 1. The maximum Gasteiger partial charge on any atom is 0.269 e.